The smallest absolute Gasteiger partial charge is 0.247 e. The molecule has 1 heterocycles. The van der Waals surface area contributed by atoms with Crippen LogP contribution >= 0.6 is 0 Å². The van der Waals surface area contributed by atoms with Gasteiger partial charge in [-0.3, -0.25) is 9.59 Å². The quantitative estimate of drug-likeness (QED) is 0.584. The number of hydrogen-bond acceptors (Lipinski definition) is 5. The number of benzene rings is 1. The molecule has 2 amide bonds. The van der Waals surface area contributed by atoms with Crippen LogP contribution in [0.2, 0.25) is 0 Å². The Morgan fingerprint density at radius 3 is 2.68 bits per heavy atom. The van der Waals surface area contributed by atoms with Crippen molar-refractivity contribution in [3.63, 3.8) is 0 Å². The highest BCUT2D eigenvalue weighted by atomic mass is 16.5. The zero-order valence-corrected chi connectivity index (χ0v) is 18.2. The lowest BCUT2D eigenvalue weighted by Crippen LogP contribution is -2.56. The van der Waals surface area contributed by atoms with Gasteiger partial charge in [0.15, 0.2) is 0 Å². The number of carbonyl (C=O) groups is 2. The van der Waals surface area contributed by atoms with Crippen LogP contribution in [0.25, 0.3) is 0 Å². The first-order valence-electron chi connectivity index (χ1n) is 11.2. The number of fused-ring (bicyclic) bond motifs is 3. The first kappa shape index (κ1) is 21.8. The van der Waals surface area contributed by atoms with Crippen LogP contribution < -0.4 is 10.1 Å². The number of amides is 2. The predicted octanol–water partition coefficient (Wildman–Crippen LogP) is 1.59. The average molecular weight is 429 g/mol. The molecule has 2 aliphatic carbocycles. The fourth-order valence-electron chi connectivity index (χ4n) is 4.63. The van der Waals surface area contributed by atoms with Gasteiger partial charge >= 0.3 is 0 Å². The van der Waals surface area contributed by atoms with Gasteiger partial charge in [-0.2, -0.15) is 0 Å². The number of nitrogens with one attached hydrogen (secondary N) is 1. The van der Waals surface area contributed by atoms with Crippen LogP contribution in [0.15, 0.2) is 35.9 Å². The summed E-state index contributed by atoms with van der Waals surface area (Å²) < 4.78 is 6.11. The third-order valence-electron chi connectivity index (χ3n) is 6.29. The molecule has 0 aromatic heterocycles. The van der Waals surface area contributed by atoms with Crippen molar-refractivity contribution in [2.24, 2.45) is 11.8 Å². The highest BCUT2D eigenvalue weighted by Gasteiger charge is 2.50. The summed E-state index contributed by atoms with van der Waals surface area (Å²) in [5.74, 6) is 0.577. The molecule has 1 fully saturated rings. The van der Waals surface area contributed by atoms with E-state index in [9.17, 15) is 14.7 Å². The van der Waals surface area contributed by atoms with Crippen LogP contribution in [-0.4, -0.2) is 64.9 Å². The van der Waals surface area contributed by atoms with Gasteiger partial charge in [0, 0.05) is 30.6 Å². The van der Waals surface area contributed by atoms with E-state index in [2.05, 4.69) is 5.32 Å². The Morgan fingerprint density at radius 2 is 2.00 bits per heavy atom. The molecule has 3 N–H and O–H groups in total. The molecule has 1 aromatic carbocycles. The molecule has 0 radical (unpaired) electrons. The number of ether oxygens (including phenoxy) is 1. The van der Waals surface area contributed by atoms with Crippen molar-refractivity contribution in [1.82, 2.24) is 10.2 Å². The van der Waals surface area contributed by atoms with E-state index in [1.807, 2.05) is 38.1 Å². The summed E-state index contributed by atoms with van der Waals surface area (Å²) in [6.45, 7) is 4.57. The van der Waals surface area contributed by atoms with Gasteiger partial charge in [-0.15, -0.1) is 0 Å². The minimum atomic E-state index is -0.943. The Labute approximate surface area is 183 Å². The maximum Gasteiger partial charge on any atom is 0.247 e. The van der Waals surface area contributed by atoms with E-state index in [-0.39, 0.29) is 30.9 Å². The SMILES string of the molecule is CC(C)CC(=O)N(CC1CC1)C1C=C(C(=O)NCCO)C2c3ccccc3OC2C1O. The molecule has 7 nitrogen and oxygen atoms in total. The van der Waals surface area contributed by atoms with E-state index >= 15 is 0 Å². The number of hydrogen-bond donors (Lipinski definition) is 3. The van der Waals surface area contributed by atoms with Crippen molar-refractivity contribution in [3.05, 3.63) is 41.5 Å². The van der Waals surface area contributed by atoms with E-state index in [1.165, 1.54) is 0 Å². The normalized spacial score (nSPS) is 26.5. The van der Waals surface area contributed by atoms with E-state index in [0.29, 0.717) is 30.2 Å². The topological polar surface area (TPSA) is 99.1 Å². The van der Waals surface area contributed by atoms with E-state index in [0.717, 1.165) is 18.4 Å². The number of carbonyl (C=O) groups excluding carboxylic acids is 2. The Bertz CT molecular complexity index is 863. The van der Waals surface area contributed by atoms with Crippen LogP contribution in [0.1, 0.15) is 44.6 Å². The molecule has 31 heavy (non-hydrogen) atoms. The fraction of sp³-hybridized carbons (Fsp3) is 0.583. The lowest BCUT2D eigenvalue weighted by Gasteiger charge is -2.41. The Morgan fingerprint density at radius 1 is 1.26 bits per heavy atom. The van der Waals surface area contributed by atoms with Gasteiger partial charge in [-0.1, -0.05) is 32.0 Å². The second kappa shape index (κ2) is 9.01. The van der Waals surface area contributed by atoms with Gasteiger partial charge < -0.3 is 25.2 Å². The van der Waals surface area contributed by atoms with E-state index in [1.54, 1.807) is 11.0 Å². The Balaban J connectivity index is 1.71. The number of para-hydroxylation sites is 1. The molecule has 1 aromatic rings. The van der Waals surface area contributed by atoms with Crippen molar-refractivity contribution in [1.29, 1.82) is 0 Å². The van der Waals surface area contributed by atoms with Crippen LogP contribution in [0.5, 0.6) is 5.75 Å². The van der Waals surface area contributed by atoms with E-state index in [4.69, 9.17) is 9.84 Å². The minimum absolute atomic E-state index is 0.00808. The fourth-order valence-corrected chi connectivity index (χ4v) is 4.63. The third-order valence-corrected chi connectivity index (χ3v) is 6.29. The molecule has 1 aliphatic heterocycles. The predicted molar refractivity (Wildman–Crippen MR) is 115 cm³/mol. The summed E-state index contributed by atoms with van der Waals surface area (Å²) in [6, 6.07) is 6.87. The summed E-state index contributed by atoms with van der Waals surface area (Å²) in [6.07, 6.45) is 2.72. The van der Waals surface area contributed by atoms with Crippen molar-refractivity contribution in [2.75, 3.05) is 19.7 Å². The molecule has 0 bridgehead atoms. The zero-order valence-electron chi connectivity index (χ0n) is 18.2. The van der Waals surface area contributed by atoms with Crippen LogP contribution in [0.3, 0.4) is 0 Å². The summed E-state index contributed by atoms with van der Waals surface area (Å²) in [7, 11) is 0. The number of aliphatic hydroxyl groups excluding tert-OH is 2. The van der Waals surface area contributed by atoms with Gasteiger partial charge in [0.1, 0.15) is 18.0 Å². The van der Waals surface area contributed by atoms with Crippen LogP contribution in [0, 0.1) is 11.8 Å². The summed E-state index contributed by atoms with van der Waals surface area (Å²) in [5, 5.41) is 23.2. The monoisotopic (exact) mass is 428 g/mol. The molecule has 168 valence electrons. The molecule has 4 atom stereocenters. The average Bonchev–Trinajstić information content (AvgIpc) is 3.48. The molecule has 7 heteroatoms. The first-order chi connectivity index (χ1) is 14.9. The summed E-state index contributed by atoms with van der Waals surface area (Å²) >= 11 is 0. The molecule has 0 spiro atoms. The van der Waals surface area contributed by atoms with Gasteiger partial charge in [0.05, 0.1) is 18.6 Å². The third kappa shape index (κ3) is 4.48. The van der Waals surface area contributed by atoms with E-state index < -0.39 is 24.2 Å². The highest BCUT2D eigenvalue weighted by molar-refractivity contribution is 5.96. The molecule has 0 saturated heterocycles. The maximum absolute atomic E-state index is 13.1. The number of rotatable bonds is 8. The standard InChI is InChI=1S/C24H32N2O5/c1-14(2)11-20(28)26(13-15-7-8-15)18-12-17(24(30)25-9-10-27)21-16-5-3-4-6-19(16)31-23(21)22(18)29/h3-6,12,14-15,18,21-23,27,29H,7-11,13H2,1-2H3,(H,25,30). The molecular formula is C24H32N2O5. The molecule has 1 saturated carbocycles. The van der Waals surface area contributed by atoms with Crippen LogP contribution in [0.4, 0.5) is 0 Å². The summed E-state index contributed by atoms with van der Waals surface area (Å²) in [4.78, 5) is 27.9. The van der Waals surface area contributed by atoms with Gasteiger partial charge in [0.2, 0.25) is 11.8 Å². The molecule has 4 unspecified atom stereocenters. The minimum Gasteiger partial charge on any atom is -0.486 e. The maximum atomic E-state index is 13.1. The first-order valence-corrected chi connectivity index (χ1v) is 11.2. The van der Waals surface area contributed by atoms with Crippen molar-refractivity contribution < 1.29 is 24.5 Å². The van der Waals surface area contributed by atoms with Crippen molar-refractivity contribution in [2.45, 2.75) is 57.3 Å². The van der Waals surface area contributed by atoms with Gasteiger partial charge in [-0.25, -0.2) is 0 Å². The van der Waals surface area contributed by atoms with Gasteiger partial charge in [0.25, 0.3) is 0 Å². The second-order valence-corrected chi connectivity index (χ2v) is 9.27. The van der Waals surface area contributed by atoms with Gasteiger partial charge in [-0.05, 0) is 36.8 Å². The molecular weight excluding hydrogens is 396 g/mol. The van der Waals surface area contributed by atoms with Crippen LogP contribution in [-0.2, 0) is 9.59 Å². The van der Waals surface area contributed by atoms with Crippen molar-refractivity contribution >= 4 is 11.8 Å². The van der Waals surface area contributed by atoms with Crippen molar-refractivity contribution in [3.8, 4) is 5.75 Å². The molecule has 3 aliphatic rings. The highest BCUT2D eigenvalue weighted by Crippen LogP contribution is 2.47. The molecule has 4 rings (SSSR count). The lowest BCUT2D eigenvalue weighted by atomic mass is 9.77. The number of nitrogens with zero attached hydrogens (tertiary/aromatic N) is 1. The number of aliphatic hydroxyl groups is 2. The second-order valence-electron chi connectivity index (χ2n) is 9.27. The lowest BCUT2D eigenvalue weighted by molar-refractivity contribution is -0.138. The zero-order chi connectivity index (χ0) is 22.1. The summed E-state index contributed by atoms with van der Waals surface area (Å²) in [5.41, 5.74) is 1.34. The Hall–Kier alpha value is -2.38. The largest absolute Gasteiger partial charge is 0.486 e. The Kier molecular flexibility index (Phi) is 6.34.